The van der Waals surface area contributed by atoms with Crippen LogP contribution in [0.4, 0.5) is 0 Å². The van der Waals surface area contributed by atoms with Gasteiger partial charge in [-0.3, -0.25) is 24.1 Å². The summed E-state index contributed by atoms with van der Waals surface area (Å²) >= 11 is 12.0. The number of benzene rings is 1. The number of hydrogen-bond acceptors (Lipinski definition) is 4. The molecule has 0 radical (unpaired) electrons. The highest BCUT2D eigenvalue weighted by atomic mass is 35.5. The number of pyridine rings is 1. The summed E-state index contributed by atoms with van der Waals surface area (Å²) in [5.41, 5.74) is -0.0859. The molecule has 0 saturated heterocycles. The van der Waals surface area contributed by atoms with E-state index in [0.29, 0.717) is 13.0 Å². The van der Waals surface area contributed by atoms with Crippen molar-refractivity contribution in [1.29, 1.82) is 0 Å². The molecule has 0 saturated carbocycles. The van der Waals surface area contributed by atoms with E-state index in [2.05, 4.69) is 15.3 Å². The van der Waals surface area contributed by atoms with E-state index in [0.717, 1.165) is 10.1 Å². The van der Waals surface area contributed by atoms with Crippen LogP contribution in [0.2, 0.25) is 10.0 Å². The predicted octanol–water partition coefficient (Wildman–Crippen LogP) is 1.75. The summed E-state index contributed by atoms with van der Waals surface area (Å²) in [5, 5.41) is 3.22. The van der Waals surface area contributed by atoms with Crippen molar-refractivity contribution in [1.82, 2.24) is 19.9 Å². The highest BCUT2D eigenvalue weighted by Crippen LogP contribution is 2.24. The van der Waals surface area contributed by atoms with E-state index in [1.807, 2.05) is 12.1 Å². The molecule has 0 bridgehead atoms. The van der Waals surface area contributed by atoms with Crippen LogP contribution in [-0.4, -0.2) is 27.0 Å². The van der Waals surface area contributed by atoms with Crippen LogP contribution >= 0.6 is 23.2 Å². The number of hydrogen-bond donors (Lipinski definition) is 2. The summed E-state index contributed by atoms with van der Waals surface area (Å²) < 4.78 is 1.14. The van der Waals surface area contributed by atoms with Gasteiger partial charge in [0.15, 0.2) is 0 Å². The van der Waals surface area contributed by atoms with Crippen LogP contribution < -0.4 is 16.6 Å². The molecule has 1 amide bonds. The molecular formula is C17H14Cl2N4O3. The van der Waals surface area contributed by atoms with Gasteiger partial charge in [-0.25, -0.2) is 4.79 Å². The zero-order valence-electron chi connectivity index (χ0n) is 13.5. The zero-order valence-corrected chi connectivity index (χ0v) is 15.0. The molecule has 26 heavy (non-hydrogen) atoms. The van der Waals surface area contributed by atoms with E-state index in [4.69, 9.17) is 23.2 Å². The highest BCUT2D eigenvalue weighted by molar-refractivity contribution is 6.38. The maximum absolute atomic E-state index is 12.2. The minimum atomic E-state index is -0.704. The van der Waals surface area contributed by atoms with Gasteiger partial charge in [-0.1, -0.05) is 23.2 Å². The summed E-state index contributed by atoms with van der Waals surface area (Å²) in [6.07, 6.45) is 3.99. The van der Waals surface area contributed by atoms with Crippen LogP contribution in [0.5, 0.6) is 0 Å². The fourth-order valence-corrected chi connectivity index (χ4v) is 3.15. The van der Waals surface area contributed by atoms with Gasteiger partial charge in [0.1, 0.15) is 6.54 Å². The first-order valence-electron chi connectivity index (χ1n) is 7.73. The van der Waals surface area contributed by atoms with Gasteiger partial charge in [-0.15, -0.1) is 0 Å². The molecule has 0 unspecified atom stereocenters. The van der Waals surface area contributed by atoms with Crippen molar-refractivity contribution in [3.8, 4) is 0 Å². The minimum absolute atomic E-state index is 0.111. The van der Waals surface area contributed by atoms with Gasteiger partial charge in [0, 0.05) is 24.0 Å². The lowest BCUT2D eigenvalue weighted by molar-refractivity contribution is -0.121. The third-order valence-electron chi connectivity index (χ3n) is 3.80. The summed E-state index contributed by atoms with van der Waals surface area (Å²) in [6, 6.07) is 6.56. The lowest BCUT2D eigenvalue weighted by Gasteiger charge is -2.11. The molecule has 0 spiro atoms. The van der Waals surface area contributed by atoms with Crippen LogP contribution in [-0.2, 0) is 17.8 Å². The molecule has 0 aliphatic carbocycles. The van der Waals surface area contributed by atoms with Gasteiger partial charge in [0.2, 0.25) is 5.91 Å². The van der Waals surface area contributed by atoms with Crippen molar-refractivity contribution in [2.75, 3.05) is 6.54 Å². The fraction of sp³-hybridized carbons (Fsp3) is 0.176. The molecule has 2 heterocycles. The summed E-state index contributed by atoms with van der Waals surface area (Å²) in [4.78, 5) is 42.4. The Balaban J connectivity index is 1.81. The molecule has 0 aliphatic heterocycles. The van der Waals surface area contributed by atoms with Crippen LogP contribution in [0.25, 0.3) is 10.9 Å². The van der Waals surface area contributed by atoms with Crippen LogP contribution in [0.1, 0.15) is 5.56 Å². The fourth-order valence-electron chi connectivity index (χ4n) is 2.59. The average molecular weight is 393 g/mol. The Bertz CT molecular complexity index is 1080. The van der Waals surface area contributed by atoms with Gasteiger partial charge >= 0.3 is 5.69 Å². The molecule has 2 aromatic heterocycles. The number of aromatic amines is 1. The second-order valence-corrected chi connectivity index (χ2v) is 6.43. The van der Waals surface area contributed by atoms with Gasteiger partial charge in [-0.05, 0) is 36.2 Å². The van der Waals surface area contributed by atoms with E-state index in [1.165, 1.54) is 12.1 Å². The molecule has 3 rings (SSSR count). The minimum Gasteiger partial charge on any atom is -0.354 e. The van der Waals surface area contributed by atoms with E-state index in [-0.39, 0.29) is 33.4 Å². The van der Waals surface area contributed by atoms with E-state index >= 15 is 0 Å². The lowest BCUT2D eigenvalue weighted by Crippen LogP contribution is -2.37. The van der Waals surface area contributed by atoms with Crippen molar-refractivity contribution in [3.05, 3.63) is 73.1 Å². The van der Waals surface area contributed by atoms with Crippen LogP contribution in [0.3, 0.4) is 0 Å². The zero-order chi connectivity index (χ0) is 18.7. The molecule has 0 fully saturated rings. The van der Waals surface area contributed by atoms with Crippen molar-refractivity contribution in [2.45, 2.75) is 13.0 Å². The molecule has 0 aliphatic rings. The number of carbonyl (C=O) groups excluding carboxylic acids is 1. The number of halogens is 2. The smallest absolute Gasteiger partial charge is 0.329 e. The number of carbonyl (C=O) groups is 1. The molecule has 0 atom stereocenters. The van der Waals surface area contributed by atoms with Crippen molar-refractivity contribution in [3.63, 3.8) is 0 Å². The normalized spacial score (nSPS) is 10.8. The molecular weight excluding hydrogens is 379 g/mol. The Hall–Kier alpha value is -2.64. The number of nitrogens with one attached hydrogen (secondary N) is 2. The van der Waals surface area contributed by atoms with Crippen molar-refractivity contribution >= 4 is 40.0 Å². The average Bonchev–Trinajstić information content (AvgIpc) is 2.58. The molecule has 2 N–H and O–H groups in total. The number of rotatable bonds is 5. The number of fused-ring (bicyclic) bond motifs is 1. The van der Waals surface area contributed by atoms with Gasteiger partial charge < -0.3 is 5.32 Å². The van der Waals surface area contributed by atoms with Gasteiger partial charge in [0.05, 0.1) is 15.9 Å². The predicted molar refractivity (Wildman–Crippen MR) is 99.8 cm³/mol. The van der Waals surface area contributed by atoms with E-state index in [1.54, 1.807) is 12.4 Å². The molecule has 9 heteroatoms. The molecule has 1 aromatic carbocycles. The first-order chi connectivity index (χ1) is 12.5. The molecule has 7 nitrogen and oxygen atoms in total. The number of H-pyrrole nitrogens is 1. The lowest BCUT2D eigenvalue weighted by atomic mass is 10.2. The maximum Gasteiger partial charge on any atom is 0.329 e. The Kier molecular flexibility index (Phi) is 5.39. The van der Waals surface area contributed by atoms with Crippen LogP contribution in [0.15, 0.2) is 46.2 Å². The first-order valence-corrected chi connectivity index (χ1v) is 8.49. The number of nitrogens with zero attached hydrogens (tertiary/aromatic N) is 2. The number of aromatic nitrogens is 3. The summed E-state index contributed by atoms with van der Waals surface area (Å²) in [5.74, 6) is -0.370. The standard InChI is InChI=1S/C17H14Cl2N4O3/c18-11-7-12(19)15-13(8-11)23(17(26)22-16(15)25)9-14(24)21-6-3-10-1-4-20-5-2-10/h1-2,4-5,7-8H,3,6,9H2,(H,21,24)(H,22,25,26). The van der Waals surface area contributed by atoms with Gasteiger partial charge in [0.25, 0.3) is 5.56 Å². The first kappa shape index (κ1) is 18.2. The Morgan fingerprint density at radius 2 is 1.92 bits per heavy atom. The van der Waals surface area contributed by atoms with Crippen molar-refractivity contribution < 1.29 is 4.79 Å². The Labute approximate surface area is 157 Å². The number of amides is 1. The molecule has 134 valence electrons. The highest BCUT2D eigenvalue weighted by Gasteiger charge is 2.14. The SMILES string of the molecule is O=C(Cn1c(=O)[nH]c(=O)c2c(Cl)cc(Cl)cc21)NCCc1ccncc1. The third kappa shape index (κ3) is 3.95. The second kappa shape index (κ2) is 7.72. The summed E-state index contributed by atoms with van der Waals surface area (Å²) in [7, 11) is 0. The van der Waals surface area contributed by atoms with Gasteiger partial charge in [-0.2, -0.15) is 0 Å². The Morgan fingerprint density at radius 1 is 1.19 bits per heavy atom. The van der Waals surface area contributed by atoms with E-state index < -0.39 is 11.2 Å². The quantitative estimate of drug-likeness (QED) is 0.690. The largest absolute Gasteiger partial charge is 0.354 e. The monoisotopic (exact) mass is 392 g/mol. The Morgan fingerprint density at radius 3 is 2.65 bits per heavy atom. The maximum atomic E-state index is 12.2. The molecule has 3 aromatic rings. The van der Waals surface area contributed by atoms with Crippen LogP contribution in [0, 0.1) is 0 Å². The third-order valence-corrected chi connectivity index (χ3v) is 4.32. The van der Waals surface area contributed by atoms with E-state index in [9.17, 15) is 14.4 Å². The van der Waals surface area contributed by atoms with Crippen molar-refractivity contribution in [2.24, 2.45) is 0 Å². The summed E-state index contributed by atoms with van der Waals surface area (Å²) in [6.45, 7) is 0.138. The topological polar surface area (TPSA) is 96.9 Å². The second-order valence-electron chi connectivity index (χ2n) is 5.58.